The van der Waals surface area contributed by atoms with Crippen LogP contribution in [0, 0.1) is 12.4 Å². The van der Waals surface area contributed by atoms with Gasteiger partial charge in [0, 0.05) is 21.8 Å². The molecule has 0 aliphatic heterocycles. The fourth-order valence-electron chi connectivity index (χ4n) is 2.97. The Morgan fingerprint density at radius 1 is 1.24 bits per heavy atom. The van der Waals surface area contributed by atoms with Gasteiger partial charge in [0.25, 0.3) is 5.89 Å². The molecule has 0 amide bonds. The average molecular weight is 355 g/mol. The van der Waals surface area contributed by atoms with Crippen molar-refractivity contribution in [3.63, 3.8) is 0 Å². The van der Waals surface area contributed by atoms with Gasteiger partial charge >= 0.3 is 0 Å². The van der Waals surface area contributed by atoms with E-state index in [1.54, 1.807) is 24.3 Å². The summed E-state index contributed by atoms with van der Waals surface area (Å²) in [5.41, 5.74) is 6.83. The minimum Gasteiger partial charge on any atom is -0.399 e. The first kappa shape index (κ1) is 15.6. The van der Waals surface area contributed by atoms with Crippen molar-refractivity contribution in [1.82, 2.24) is 10.1 Å². The van der Waals surface area contributed by atoms with Crippen molar-refractivity contribution < 1.29 is 8.91 Å². The van der Waals surface area contributed by atoms with Gasteiger partial charge in [-0.2, -0.15) is 4.98 Å². The van der Waals surface area contributed by atoms with E-state index >= 15 is 0 Å². The molecule has 0 unspecified atom stereocenters. The number of hydrogen-bond donors (Lipinski definition) is 1. The van der Waals surface area contributed by atoms with Gasteiger partial charge in [0.05, 0.1) is 12.0 Å². The van der Waals surface area contributed by atoms with E-state index in [-0.39, 0.29) is 10.7 Å². The molecular formula is C18H12ClFN4O. The topological polar surface area (TPSA) is 69.3 Å². The number of nitrogens with two attached hydrogens (primary N) is 1. The zero-order valence-electron chi connectivity index (χ0n) is 13.0. The number of anilines is 1. The van der Waals surface area contributed by atoms with Crippen LogP contribution in [0.1, 0.15) is 24.2 Å². The van der Waals surface area contributed by atoms with Gasteiger partial charge in [0.15, 0.2) is 11.5 Å². The van der Waals surface area contributed by atoms with E-state index in [2.05, 4.69) is 15.0 Å². The third-order valence-corrected chi connectivity index (χ3v) is 4.69. The van der Waals surface area contributed by atoms with E-state index in [0.717, 1.165) is 0 Å². The van der Waals surface area contributed by atoms with E-state index in [0.29, 0.717) is 41.4 Å². The van der Waals surface area contributed by atoms with Crippen molar-refractivity contribution >= 4 is 23.0 Å². The molecule has 5 nitrogen and oxygen atoms in total. The number of aromatic nitrogens is 2. The summed E-state index contributed by atoms with van der Waals surface area (Å²) in [6.45, 7) is 6.98. The van der Waals surface area contributed by atoms with Crippen molar-refractivity contribution in [1.29, 1.82) is 0 Å². The number of nitrogen functional groups attached to an aromatic ring is 1. The van der Waals surface area contributed by atoms with Gasteiger partial charge in [-0.1, -0.05) is 41.0 Å². The summed E-state index contributed by atoms with van der Waals surface area (Å²) in [7, 11) is 0. The van der Waals surface area contributed by atoms with Crippen LogP contribution in [0.15, 0.2) is 40.9 Å². The molecule has 124 valence electrons. The fraction of sp³-hybridized carbons (Fsp3) is 0.167. The second kappa shape index (κ2) is 5.57. The van der Waals surface area contributed by atoms with Crippen molar-refractivity contribution in [2.75, 3.05) is 5.73 Å². The lowest BCUT2D eigenvalue weighted by Gasteiger charge is -2.14. The van der Waals surface area contributed by atoms with Crippen LogP contribution in [0.25, 0.3) is 16.3 Å². The van der Waals surface area contributed by atoms with Gasteiger partial charge in [0.1, 0.15) is 5.82 Å². The van der Waals surface area contributed by atoms with E-state index < -0.39 is 11.2 Å². The maximum Gasteiger partial charge on any atom is 0.257 e. The lowest BCUT2D eigenvalue weighted by molar-refractivity contribution is 0.416. The molecule has 25 heavy (non-hydrogen) atoms. The molecule has 2 N–H and O–H groups in total. The van der Waals surface area contributed by atoms with Crippen molar-refractivity contribution in [3.05, 3.63) is 70.0 Å². The molecule has 2 aromatic carbocycles. The molecule has 0 bridgehead atoms. The molecule has 0 radical (unpaired) electrons. The van der Waals surface area contributed by atoms with Crippen LogP contribution < -0.4 is 5.73 Å². The zero-order valence-corrected chi connectivity index (χ0v) is 13.7. The Bertz CT molecular complexity index is 980. The van der Waals surface area contributed by atoms with E-state index in [1.165, 1.54) is 12.1 Å². The van der Waals surface area contributed by atoms with Crippen molar-refractivity contribution in [2.45, 2.75) is 18.3 Å². The van der Waals surface area contributed by atoms with Gasteiger partial charge in [-0.25, -0.2) is 9.24 Å². The van der Waals surface area contributed by atoms with Crippen LogP contribution >= 0.6 is 11.6 Å². The van der Waals surface area contributed by atoms with Crippen LogP contribution in [0.3, 0.4) is 0 Å². The molecule has 1 aliphatic carbocycles. The molecule has 1 saturated carbocycles. The third-order valence-electron chi connectivity index (χ3n) is 4.39. The molecule has 0 spiro atoms. The second-order valence-corrected chi connectivity index (χ2v) is 6.43. The maximum atomic E-state index is 14.5. The Morgan fingerprint density at radius 3 is 2.56 bits per heavy atom. The predicted octanol–water partition coefficient (Wildman–Crippen LogP) is 4.74. The van der Waals surface area contributed by atoms with Crippen LogP contribution in [-0.4, -0.2) is 10.1 Å². The number of nitrogens with zero attached hydrogens (tertiary/aromatic N) is 3. The molecular weight excluding hydrogens is 343 g/mol. The molecule has 1 heterocycles. The molecule has 1 fully saturated rings. The highest BCUT2D eigenvalue weighted by atomic mass is 35.5. The molecule has 7 heteroatoms. The Balaban J connectivity index is 1.74. The monoisotopic (exact) mass is 354 g/mol. The van der Waals surface area contributed by atoms with Gasteiger partial charge < -0.3 is 10.3 Å². The van der Waals surface area contributed by atoms with E-state index in [1.807, 2.05) is 0 Å². The van der Waals surface area contributed by atoms with Gasteiger partial charge in [-0.05, 0) is 25.0 Å². The molecule has 3 aromatic rings. The number of hydrogen-bond acceptors (Lipinski definition) is 4. The highest BCUT2D eigenvalue weighted by Crippen LogP contribution is 2.55. The Labute approximate surface area is 148 Å². The highest BCUT2D eigenvalue weighted by Gasteiger charge is 2.52. The SMILES string of the molecule is [C-]#[N+]c1ccc(-c2nc(C3(c4c(F)cc(N)cc4Cl)CC3)no2)cc1. The van der Waals surface area contributed by atoms with Gasteiger partial charge in [-0.15, -0.1) is 0 Å². The van der Waals surface area contributed by atoms with Crippen LogP contribution in [0.4, 0.5) is 15.8 Å². The predicted molar refractivity (Wildman–Crippen MR) is 91.8 cm³/mol. The zero-order chi connectivity index (χ0) is 17.6. The quantitative estimate of drug-likeness (QED) is 0.544. The van der Waals surface area contributed by atoms with Gasteiger partial charge in [-0.3, -0.25) is 0 Å². The lowest BCUT2D eigenvalue weighted by Crippen LogP contribution is -2.14. The first-order chi connectivity index (χ1) is 12.0. The molecule has 1 aromatic heterocycles. The smallest absolute Gasteiger partial charge is 0.257 e. The van der Waals surface area contributed by atoms with Crippen LogP contribution in [-0.2, 0) is 5.41 Å². The van der Waals surface area contributed by atoms with Crippen molar-refractivity contribution in [2.24, 2.45) is 0 Å². The Morgan fingerprint density at radius 2 is 1.96 bits per heavy atom. The minimum absolute atomic E-state index is 0.266. The largest absolute Gasteiger partial charge is 0.399 e. The molecule has 0 saturated heterocycles. The maximum absolute atomic E-state index is 14.5. The van der Waals surface area contributed by atoms with Crippen LogP contribution in [0.2, 0.25) is 5.02 Å². The molecule has 1 aliphatic rings. The fourth-order valence-corrected chi connectivity index (χ4v) is 3.37. The van der Waals surface area contributed by atoms with E-state index in [9.17, 15) is 4.39 Å². The van der Waals surface area contributed by atoms with Gasteiger partial charge in [0.2, 0.25) is 0 Å². The Kier molecular flexibility index (Phi) is 3.48. The summed E-state index contributed by atoms with van der Waals surface area (Å²) in [5, 5.41) is 4.31. The molecule has 4 rings (SSSR count). The highest BCUT2D eigenvalue weighted by molar-refractivity contribution is 6.31. The second-order valence-electron chi connectivity index (χ2n) is 6.02. The average Bonchev–Trinajstić information content (AvgIpc) is 3.21. The lowest BCUT2D eigenvalue weighted by atomic mass is 9.94. The Hall–Kier alpha value is -2.91. The van der Waals surface area contributed by atoms with E-state index in [4.69, 9.17) is 28.4 Å². The first-order valence-electron chi connectivity index (χ1n) is 7.60. The number of rotatable bonds is 3. The minimum atomic E-state index is -0.674. The molecule has 0 atom stereocenters. The van der Waals surface area contributed by atoms with Crippen molar-refractivity contribution in [3.8, 4) is 11.5 Å². The van der Waals surface area contributed by atoms with Crippen LogP contribution in [0.5, 0.6) is 0 Å². The third kappa shape index (κ3) is 2.53. The summed E-state index contributed by atoms with van der Waals surface area (Å²) in [5.74, 6) is 0.266. The summed E-state index contributed by atoms with van der Waals surface area (Å²) >= 11 is 6.23. The number of halogens is 2. The summed E-state index contributed by atoms with van der Waals surface area (Å²) in [6.07, 6.45) is 1.37. The summed E-state index contributed by atoms with van der Waals surface area (Å²) < 4.78 is 19.8. The first-order valence-corrected chi connectivity index (χ1v) is 7.98. The normalized spacial score (nSPS) is 14.9. The standard InChI is InChI=1S/C18H12ClFN4O/c1-22-12-4-2-10(3-5-12)16-23-17(24-25-16)18(6-7-18)15-13(19)8-11(21)9-14(15)20/h2-5,8-9H,6-7,21H2. The summed E-state index contributed by atoms with van der Waals surface area (Å²) in [4.78, 5) is 7.78. The summed E-state index contributed by atoms with van der Waals surface area (Å²) in [6, 6.07) is 9.61. The number of benzene rings is 2.